The minimum atomic E-state index is -0.262. The summed E-state index contributed by atoms with van der Waals surface area (Å²) >= 11 is 12.1. The number of carbonyl (C=O) groups is 1. The molecule has 0 saturated carbocycles. The second-order valence-corrected chi connectivity index (χ2v) is 5.79. The van der Waals surface area contributed by atoms with Crippen molar-refractivity contribution in [2.75, 3.05) is 7.11 Å². The van der Waals surface area contributed by atoms with Gasteiger partial charge < -0.3 is 10.1 Å². The SMILES string of the molecule is COc1c(Cl)cc(C(=O)N[C@H](C)c2cnn(C)c2C)cc1Cl. The van der Waals surface area contributed by atoms with Gasteiger partial charge in [0.25, 0.3) is 5.91 Å². The van der Waals surface area contributed by atoms with E-state index >= 15 is 0 Å². The van der Waals surface area contributed by atoms with Crippen molar-refractivity contribution < 1.29 is 9.53 Å². The predicted octanol–water partition coefficient (Wildman–Crippen LogP) is 3.53. The van der Waals surface area contributed by atoms with Crippen molar-refractivity contribution in [3.05, 3.63) is 45.2 Å². The van der Waals surface area contributed by atoms with E-state index in [1.54, 1.807) is 10.9 Å². The second kappa shape index (κ2) is 6.58. The molecule has 2 rings (SSSR count). The largest absolute Gasteiger partial charge is 0.494 e. The van der Waals surface area contributed by atoms with E-state index < -0.39 is 0 Å². The van der Waals surface area contributed by atoms with Gasteiger partial charge in [0.05, 0.1) is 29.4 Å². The maximum atomic E-state index is 12.4. The molecule has 22 heavy (non-hydrogen) atoms. The lowest BCUT2D eigenvalue weighted by atomic mass is 10.1. The fourth-order valence-corrected chi connectivity index (χ4v) is 2.83. The Kier molecular flexibility index (Phi) is 4.98. The molecule has 0 aliphatic rings. The lowest BCUT2D eigenvalue weighted by Gasteiger charge is -2.15. The second-order valence-electron chi connectivity index (χ2n) is 4.98. The number of ether oxygens (including phenoxy) is 1. The fraction of sp³-hybridized carbons (Fsp3) is 0.333. The van der Waals surface area contributed by atoms with Gasteiger partial charge in [-0.25, -0.2) is 0 Å². The number of rotatable bonds is 4. The maximum Gasteiger partial charge on any atom is 0.251 e. The van der Waals surface area contributed by atoms with E-state index in [4.69, 9.17) is 27.9 Å². The molecular weight excluding hydrogens is 325 g/mol. The Balaban J connectivity index is 2.21. The van der Waals surface area contributed by atoms with Gasteiger partial charge >= 0.3 is 0 Å². The van der Waals surface area contributed by atoms with Gasteiger partial charge in [0.15, 0.2) is 5.75 Å². The molecule has 0 saturated heterocycles. The van der Waals surface area contributed by atoms with E-state index in [0.717, 1.165) is 11.3 Å². The lowest BCUT2D eigenvalue weighted by molar-refractivity contribution is 0.0940. The van der Waals surface area contributed by atoms with Crippen LogP contribution >= 0.6 is 23.2 Å². The monoisotopic (exact) mass is 341 g/mol. The summed E-state index contributed by atoms with van der Waals surface area (Å²) < 4.78 is 6.84. The zero-order chi connectivity index (χ0) is 16.4. The Bertz CT molecular complexity index is 690. The average Bonchev–Trinajstić information content (AvgIpc) is 2.78. The molecule has 0 radical (unpaired) electrons. The molecule has 0 spiro atoms. The predicted molar refractivity (Wildman–Crippen MR) is 86.8 cm³/mol. The minimum absolute atomic E-state index is 0.180. The Hall–Kier alpha value is -1.72. The number of carbonyl (C=O) groups excluding carboxylic acids is 1. The number of halogens is 2. The number of hydrogen-bond acceptors (Lipinski definition) is 3. The van der Waals surface area contributed by atoms with Gasteiger partial charge in [-0.2, -0.15) is 5.10 Å². The first-order valence-electron chi connectivity index (χ1n) is 6.67. The molecule has 0 unspecified atom stereocenters. The van der Waals surface area contributed by atoms with Crippen molar-refractivity contribution in [1.29, 1.82) is 0 Å². The van der Waals surface area contributed by atoms with Crippen LogP contribution in [0.25, 0.3) is 0 Å². The Labute approximate surface area is 139 Å². The van der Waals surface area contributed by atoms with E-state index in [1.807, 2.05) is 20.9 Å². The van der Waals surface area contributed by atoms with Crippen molar-refractivity contribution in [3.63, 3.8) is 0 Å². The van der Waals surface area contributed by atoms with Crippen LogP contribution in [0.15, 0.2) is 18.3 Å². The number of aromatic nitrogens is 2. The van der Waals surface area contributed by atoms with Crippen LogP contribution in [-0.2, 0) is 7.05 Å². The number of nitrogens with zero attached hydrogens (tertiary/aromatic N) is 2. The van der Waals surface area contributed by atoms with Gasteiger partial charge in [0.2, 0.25) is 0 Å². The summed E-state index contributed by atoms with van der Waals surface area (Å²) in [5.74, 6) is 0.0956. The van der Waals surface area contributed by atoms with Crippen LogP contribution in [-0.4, -0.2) is 22.8 Å². The molecule has 7 heteroatoms. The normalized spacial score (nSPS) is 12.1. The summed E-state index contributed by atoms with van der Waals surface area (Å²) in [6.07, 6.45) is 1.74. The highest BCUT2D eigenvalue weighted by Crippen LogP contribution is 2.34. The van der Waals surface area contributed by atoms with E-state index in [9.17, 15) is 4.79 Å². The molecule has 1 heterocycles. The molecule has 2 aromatic rings. The zero-order valence-corrected chi connectivity index (χ0v) is 14.3. The zero-order valence-electron chi connectivity index (χ0n) is 12.8. The summed E-state index contributed by atoms with van der Waals surface area (Å²) in [5.41, 5.74) is 2.34. The number of nitrogens with one attached hydrogen (secondary N) is 1. The van der Waals surface area contributed by atoms with E-state index in [0.29, 0.717) is 21.4 Å². The third-order valence-corrected chi connectivity index (χ3v) is 4.11. The third kappa shape index (κ3) is 3.20. The molecule has 118 valence electrons. The smallest absolute Gasteiger partial charge is 0.251 e. The molecule has 1 amide bonds. The first kappa shape index (κ1) is 16.6. The van der Waals surface area contributed by atoms with Crippen molar-refractivity contribution in [2.24, 2.45) is 7.05 Å². The van der Waals surface area contributed by atoms with Gasteiger partial charge in [0.1, 0.15) is 0 Å². The van der Waals surface area contributed by atoms with Crippen molar-refractivity contribution in [2.45, 2.75) is 19.9 Å². The van der Waals surface area contributed by atoms with Crippen LogP contribution in [0, 0.1) is 6.92 Å². The quantitative estimate of drug-likeness (QED) is 0.925. The van der Waals surface area contributed by atoms with Crippen molar-refractivity contribution in [1.82, 2.24) is 15.1 Å². The molecule has 5 nitrogen and oxygen atoms in total. The Morgan fingerprint density at radius 2 is 1.95 bits per heavy atom. The number of methoxy groups -OCH3 is 1. The topological polar surface area (TPSA) is 56.1 Å². The maximum absolute atomic E-state index is 12.4. The van der Waals surface area contributed by atoms with Crippen molar-refractivity contribution in [3.8, 4) is 5.75 Å². The number of benzene rings is 1. The molecule has 1 N–H and O–H groups in total. The van der Waals surface area contributed by atoms with E-state index in [1.165, 1.54) is 19.2 Å². The summed E-state index contributed by atoms with van der Waals surface area (Å²) in [5, 5.41) is 7.68. The summed E-state index contributed by atoms with van der Waals surface area (Å²) in [6, 6.07) is 2.88. The lowest BCUT2D eigenvalue weighted by Crippen LogP contribution is -2.27. The highest BCUT2D eigenvalue weighted by molar-refractivity contribution is 6.37. The van der Waals surface area contributed by atoms with E-state index in [2.05, 4.69) is 10.4 Å². The molecule has 1 aromatic heterocycles. The molecule has 0 bridgehead atoms. The standard InChI is InChI=1S/C15H17Cl2N3O2/c1-8(11-7-18-20(3)9(11)2)19-15(21)10-5-12(16)14(22-4)13(17)6-10/h5-8H,1-4H3,(H,19,21)/t8-/m1/s1. The molecule has 0 aliphatic heterocycles. The van der Waals surface area contributed by atoms with Crippen molar-refractivity contribution >= 4 is 29.1 Å². The van der Waals surface area contributed by atoms with Crippen LogP contribution < -0.4 is 10.1 Å². The van der Waals surface area contributed by atoms with Gasteiger partial charge in [-0.1, -0.05) is 23.2 Å². The summed E-state index contributed by atoms with van der Waals surface area (Å²) in [6.45, 7) is 3.85. The molecule has 0 aliphatic carbocycles. The van der Waals surface area contributed by atoms with Gasteiger partial charge in [-0.3, -0.25) is 9.48 Å². The number of amides is 1. The highest BCUT2D eigenvalue weighted by atomic mass is 35.5. The Morgan fingerprint density at radius 3 is 2.41 bits per heavy atom. The first-order valence-corrected chi connectivity index (χ1v) is 7.43. The summed E-state index contributed by atoms with van der Waals surface area (Å²) in [4.78, 5) is 12.4. The van der Waals surface area contributed by atoms with Gasteiger partial charge in [0, 0.05) is 23.9 Å². The molecular formula is C15H17Cl2N3O2. The van der Waals surface area contributed by atoms with Crippen LogP contribution in [0.2, 0.25) is 10.0 Å². The van der Waals surface area contributed by atoms with E-state index in [-0.39, 0.29) is 11.9 Å². The first-order chi connectivity index (χ1) is 10.3. The molecule has 0 fully saturated rings. The van der Waals surface area contributed by atoms with Crippen LogP contribution in [0.4, 0.5) is 0 Å². The van der Waals surface area contributed by atoms with Crippen LogP contribution in [0.5, 0.6) is 5.75 Å². The number of hydrogen-bond donors (Lipinski definition) is 1. The third-order valence-electron chi connectivity index (χ3n) is 3.55. The van der Waals surface area contributed by atoms with Gasteiger partial charge in [-0.15, -0.1) is 0 Å². The highest BCUT2D eigenvalue weighted by Gasteiger charge is 2.18. The van der Waals surface area contributed by atoms with Gasteiger partial charge in [-0.05, 0) is 26.0 Å². The van der Waals surface area contributed by atoms with Crippen LogP contribution in [0.3, 0.4) is 0 Å². The van der Waals surface area contributed by atoms with Crippen LogP contribution in [0.1, 0.15) is 34.6 Å². The minimum Gasteiger partial charge on any atom is -0.494 e. The number of aryl methyl sites for hydroxylation is 1. The average molecular weight is 342 g/mol. The molecule has 1 aromatic carbocycles. The Morgan fingerprint density at radius 1 is 1.36 bits per heavy atom. The molecule has 1 atom stereocenters. The fourth-order valence-electron chi connectivity index (χ4n) is 2.18. The summed E-state index contributed by atoms with van der Waals surface area (Å²) in [7, 11) is 3.33.